The number of ether oxygens (including phenoxy) is 2. The van der Waals surface area contributed by atoms with Crippen molar-refractivity contribution >= 4 is 17.5 Å². The van der Waals surface area contributed by atoms with E-state index in [4.69, 9.17) is 9.47 Å². The minimum absolute atomic E-state index is 0.0890. The summed E-state index contributed by atoms with van der Waals surface area (Å²) in [7, 11) is 0. The van der Waals surface area contributed by atoms with E-state index in [1.54, 1.807) is 6.92 Å². The van der Waals surface area contributed by atoms with Crippen molar-refractivity contribution in [2.45, 2.75) is 70.1 Å². The summed E-state index contributed by atoms with van der Waals surface area (Å²) in [6.07, 6.45) is 1.79. The third-order valence-corrected chi connectivity index (χ3v) is 10.1. The van der Waals surface area contributed by atoms with E-state index in [9.17, 15) is 33.1 Å². The number of pyridine rings is 1. The Morgan fingerprint density at radius 2 is 1.92 bits per heavy atom. The number of benzene rings is 2. The van der Waals surface area contributed by atoms with E-state index in [1.807, 2.05) is 6.07 Å². The van der Waals surface area contributed by atoms with Gasteiger partial charge in [-0.05, 0) is 86.9 Å². The van der Waals surface area contributed by atoms with Crippen molar-refractivity contribution in [2.24, 2.45) is 5.92 Å². The fourth-order valence-electron chi connectivity index (χ4n) is 7.18. The van der Waals surface area contributed by atoms with Crippen LogP contribution in [0.15, 0.2) is 60.0 Å². The molecule has 3 aliphatic heterocycles. The lowest BCUT2D eigenvalue weighted by Crippen LogP contribution is -2.60. The Labute approximate surface area is 302 Å². The van der Waals surface area contributed by atoms with Gasteiger partial charge >= 0.3 is 6.18 Å². The highest BCUT2D eigenvalue weighted by molar-refractivity contribution is 6.24. The van der Waals surface area contributed by atoms with Gasteiger partial charge in [0.2, 0.25) is 5.82 Å². The van der Waals surface area contributed by atoms with Crippen molar-refractivity contribution in [1.29, 1.82) is 5.26 Å². The summed E-state index contributed by atoms with van der Waals surface area (Å²) in [5.41, 5.74) is -3.46. The fourth-order valence-corrected chi connectivity index (χ4v) is 7.18. The van der Waals surface area contributed by atoms with E-state index in [-0.39, 0.29) is 47.0 Å². The molecule has 0 bridgehead atoms. The molecule has 2 amide bonds. The molecule has 2 unspecified atom stereocenters. The van der Waals surface area contributed by atoms with Crippen LogP contribution < -0.4 is 10.1 Å². The number of hydrazine groups is 1. The van der Waals surface area contributed by atoms with E-state index in [2.05, 4.69) is 10.3 Å². The van der Waals surface area contributed by atoms with Crippen LogP contribution >= 0.6 is 0 Å². The van der Waals surface area contributed by atoms with Crippen LogP contribution in [0, 0.1) is 28.9 Å². The molecule has 280 valence electrons. The number of nitriles is 1. The second-order valence-electron chi connectivity index (χ2n) is 13.6. The molecule has 2 fully saturated rings. The van der Waals surface area contributed by atoms with Gasteiger partial charge in [0.25, 0.3) is 11.8 Å². The lowest BCUT2D eigenvalue weighted by Gasteiger charge is -2.46. The van der Waals surface area contributed by atoms with Crippen LogP contribution in [0.4, 0.5) is 27.6 Å². The highest BCUT2D eigenvalue weighted by Gasteiger charge is 2.53. The molecule has 1 aromatic heterocycles. The van der Waals surface area contributed by atoms with E-state index in [0.29, 0.717) is 31.8 Å². The molecule has 2 N–H and O–H groups in total. The Balaban J connectivity index is 1.25. The van der Waals surface area contributed by atoms with Gasteiger partial charge in [-0.15, -0.1) is 0 Å². The SMILES string of the molecule is CC12CCCN1N(Cc1ccc(OCCC3CCCCOCC3)c(F)c1F)C(=O)C(C(=O)Nc1ccc(C(F)(F)F)cc1-c1ccnc(C#N)c1)=C2O. The van der Waals surface area contributed by atoms with Gasteiger partial charge in [-0.1, -0.05) is 18.9 Å². The number of rotatable bonds is 9. The fraction of sp³-hybridized carbons (Fsp3) is 0.421. The van der Waals surface area contributed by atoms with E-state index >= 15 is 8.78 Å². The number of alkyl halides is 3. The number of aliphatic hydroxyl groups excluding tert-OH is 1. The highest BCUT2D eigenvalue weighted by atomic mass is 19.4. The lowest BCUT2D eigenvalue weighted by atomic mass is 9.90. The number of hydrogen-bond donors (Lipinski definition) is 2. The molecular weight excluding hydrogens is 701 g/mol. The van der Waals surface area contributed by atoms with E-state index in [0.717, 1.165) is 55.5 Å². The predicted molar refractivity (Wildman–Crippen MR) is 182 cm³/mol. The number of anilines is 1. The van der Waals surface area contributed by atoms with Crippen LogP contribution in [0.1, 0.15) is 68.7 Å². The van der Waals surface area contributed by atoms with Crippen molar-refractivity contribution in [3.05, 3.63) is 88.4 Å². The number of fused-ring (bicyclic) bond motifs is 1. The maximum Gasteiger partial charge on any atom is 0.416 e. The summed E-state index contributed by atoms with van der Waals surface area (Å²) in [5.74, 6) is -5.10. The van der Waals surface area contributed by atoms with Gasteiger partial charge in [-0.2, -0.15) is 22.8 Å². The maximum absolute atomic E-state index is 15.6. The first-order chi connectivity index (χ1) is 25.3. The minimum Gasteiger partial charge on any atom is -0.509 e. The summed E-state index contributed by atoms with van der Waals surface area (Å²) in [5, 5.41) is 25.8. The molecule has 0 radical (unpaired) electrons. The molecular formula is C38H38F5N5O5. The number of nitrogens with one attached hydrogen (secondary N) is 1. The van der Waals surface area contributed by atoms with E-state index in [1.165, 1.54) is 35.5 Å². The van der Waals surface area contributed by atoms with Crippen LogP contribution in [-0.2, 0) is 27.0 Å². The van der Waals surface area contributed by atoms with Crippen LogP contribution in [0.5, 0.6) is 5.75 Å². The molecule has 15 heteroatoms. The van der Waals surface area contributed by atoms with Gasteiger partial charge < -0.3 is 19.9 Å². The largest absolute Gasteiger partial charge is 0.509 e. The monoisotopic (exact) mass is 739 g/mol. The molecule has 4 heterocycles. The molecule has 0 aliphatic carbocycles. The zero-order chi connectivity index (χ0) is 37.9. The van der Waals surface area contributed by atoms with Crippen molar-refractivity contribution in [3.63, 3.8) is 0 Å². The van der Waals surface area contributed by atoms with Crippen molar-refractivity contribution < 1.29 is 46.1 Å². The highest BCUT2D eigenvalue weighted by Crippen LogP contribution is 2.43. The number of hydrogen-bond acceptors (Lipinski definition) is 8. The number of aliphatic hydroxyl groups is 1. The summed E-state index contributed by atoms with van der Waals surface area (Å²) in [6.45, 7) is 2.93. The first-order valence-electron chi connectivity index (χ1n) is 17.4. The average molecular weight is 740 g/mol. The molecule has 0 saturated carbocycles. The van der Waals surface area contributed by atoms with Gasteiger partial charge in [0.1, 0.15) is 23.1 Å². The van der Waals surface area contributed by atoms with Crippen molar-refractivity contribution in [2.75, 3.05) is 31.7 Å². The lowest BCUT2D eigenvalue weighted by molar-refractivity contribution is -0.160. The molecule has 53 heavy (non-hydrogen) atoms. The zero-order valence-corrected chi connectivity index (χ0v) is 28.9. The maximum atomic E-state index is 15.6. The number of nitrogens with zero attached hydrogens (tertiary/aromatic N) is 4. The number of carbonyl (C=O) groups excluding carboxylic acids is 2. The minimum atomic E-state index is -4.74. The Morgan fingerprint density at radius 3 is 2.70 bits per heavy atom. The van der Waals surface area contributed by atoms with Crippen molar-refractivity contribution in [1.82, 2.24) is 15.0 Å². The number of halogens is 5. The Morgan fingerprint density at radius 1 is 1.11 bits per heavy atom. The van der Waals surface area contributed by atoms with Crippen LogP contribution in [-0.4, -0.2) is 63.8 Å². The summed E-state index contributed by atoms with van der Waals surface area (Å²) >= 11 is 0. The Bertz CT molecular complexity index is 1960. The molecule has 6 rings (SSSR count). The Kier molecular flexibility index (Phi) is 11.0. The van der Waals surface area contributed by atoms with Crippen LogP contribution in [0.3, 0.4) is 0 Å². The van der Waals surface area contributed by atoms with Gasteiger partial charge in [0.05, 0.1) is 24.3 Å². The van der Waals surface area contributed by atoms with Gasteiger partial charge in [-0.25, -0.2) is 14.4 Å². The topological polar surface area (TPSA) is 128 Å². The summed E-state index contributed by atoms with van der Waals surface area (Å²) < 4.78 is 83.3. The number of carbonyl (C=O) groups is 2. The molecule has 2 aromatic carbocycles. The second kappa shape index (κ2) is 15.5. The zero-order valence-electron chi connectivity index (χ0n) is 28.9. The van der Waals surface area contributed by atoms with Crippen LogP contribution in [0.25, 0.3) is 11.1 Å². The van der Waals surface area contributed by atoms with Gasteiger partial charge in [0.15, 0.2) is 11.6 Å². The normalized spacial score (nSPS) is 21.1. The summed E-state index contributed by atoms with van der Waals surface area (Å²) in [6, 6.07) is 9.53. The second-order valence-corrected chi connectivity index (χ2v) is 13.6. The van der Waals surface area contributed by atoms with E-state index < -0.39 is 58.6 Å². The first-order valence-corrected chi connectivity index (χ1v) is 17.4. The number of amides is 2. The molecule has 10 nitrogen and oxygen atoms in total. The van der Waals surface area contributed by atoms with Gasteiger partial charge in [-0.3, -0.25) is 14.6 Å². The molecule has 0 spiro atoms. The third kappa shape index (κ3) is 7.84. The first kappa shape index (κ1) is 37.7. The third-order valence-electron chi connectivity index (χ3n) is 10.1. The number of aromatic nitrogens is 1. The Hall–Kier alpha value is -5.07. The molecule has 2 saturated heterocycles. The summed E-state index contributed by atoms with van der Waals surface area (Å²) in [4.78, 5) is 31.8. The predicted octanol–water partition coefficient (Wildman–Crippen LogP) is 7.46. The molecule has 3 aliphatic rings. The molecule has 2 atom stereocenters. The smallest absolute Gasteiger partial charge is 0.416 e. The van der Waals surface area contributed by atoms with Gasteiger partial charge in [0, 0.05) is 42.8 Å². The standard InChI is InChI=1S/C38H38F5N5O5/c1-37-13-4-15-48(37)47(22-25-6-9-30(33(40)32(25)39)53-18-12-23-5-2-3-16-52-17-11-23)36(51)31(34(37)49)35(50)46-29-8-7-26(38(41,42)43)20-28(29)24-10-14-45-27(19-24)21-44/h6-10,14,19-20,23,49H,2-5,11-13,15-18,22H2,1H3,(H,46,50). The molecule has 3 aromatic rings. The van der Waals surface area contributed by atoms with Crippen LogP contribution in [0.2, 0.25) is 0 Å². The van der Waals surface area contributed by atoms with Crippen molar-refractivity contribution in [3.8, 4) is 22.9 Å². The quantitative estimate of drug-likeness (QED) is 0.171. The average Bonchev–Trinajstić information content (AvgIpc) is 3.52.